The van der Waals surface area contributed by atoms with Gasteiger partial charge in [-0.3, -0.25) is 9.59 Å². The van der Waals surface area contributed by atoms with Crippen molar-refractivity contribution in [3.8, 4) is 0 Å². The van der Waals surface area contributed by atoms with Gasteiger partial charge in [0, 0.05) is 23.2 Å². The van der Waals surface area contributed by atoms with Gasteiger partial charge in [0.1, 0.15) is 0 Å². The van der Waals surface area contributed by atoms with E-state index in [0.29, 0.717) is 16.1 Å². The van der Waals surface area contributed by atoms with Gasteiger partial charge in [0.15, 0.2) is 0 Å². The monoisotopic (exact) mass is 437 g/mol. The Hall–Kier alpha value is -2.42. The zero-order valence-electron chi connectivity index (χ0n) is 16.2. The summed E-state index contributed by atoms with van der Waals surface area (Å²) in [4.78, 5) is 23.9. The highest BCUT2D eigenvalue weighted by atomic mass is 35.5. The molecule has 0 bridgehead atoms. The summed E-state index contributed by atoms with van der Waals surface area (Å²) < 4.78 is 26.4. The van der Waals surface area contributed by atoms with Crippen molar-refractivity contribution in [1.82, 2.24) is 15.4 Å². The fourth-order valence-electron chi connectivity index (χ4n) is 2.53. The minimum Gasteiger partial charge on any atom is -0.350 e. The minimum absolute atomic E-state index is 0.104. The van der Waals surface area contributed by atoms with E-state index in [9.17, 15) is 18.0 Å². The topological polar surface area (TPSA) is 104 Å². The van der Waals surface area contributed by atoms with E-state index in [1.165, 1.54) is 6.07 Å². The van der Waals surface area contributed by atoms with Gasteiger partial charge in [-0.05, 0) is 43.2 Å². The van der Waals surface area contributed by atoms with Crippen molar-refractivity contribution in [2.75, 3.05) is 6.54 Å². The Balaban J connectivity index is 1.79. The summed E-state index contributed by atoms with van der Waals surface area (Å²) in [6.07, 6.45) is 0. The lowest BCUT2D eigenvalue weighted by atomic mass is 10.1. The molecule has 2 aromatic carbocycles. The van der Waals surface area contributed by atoms with Crippen molar-refractivity contribution in [1.29, 1.82) is 0 Å². The largest absolute Gasteiger partial charge is 0.350 e. The van der Waals surface area contributed by atoms with Gasteiger partial charge in [0.25, 0.3) is 5.91 Å². The molecule has 0 radical (unpaired) electrons. The Morgan fingerprint density at radius 3 is 2.28 bits per heavy atom. The number of rotatable bonds is 9. The quantitative estimate of drug-likeness (QED) is 0.559. The van der Waals surface area contributed by atoms with Gasteiger partial charge in [0.2, 0.25) is 15.9 Å². The normalized spacial score (nSPS) is 11.3. The van der Waals surface area contributed by atoms with Crippen LogP contribution in [0.1, 0.15) is 35.3 Å². The second-order valence-electron chi connectivity index (χ2n) is 6.82. The maximum Gasteiger partial charge on any atom is 0.251 e. The molecule has 0 saturated carbocycles. The van der Waals surface area contributed by atoms with Gasteiger partial charge in [-0.25, -0.2) is 13.1 Å². The third-order valence-electron chi connectivity index (χ3n) is 3.78. The summed E-state index contributed by atoms with van der Waals surface area (Å²) in [5, 5.41) is 5.67. The van der Waals surface area contributed by atoms with Gasteiger partial charge < -0.3 is 10.6 Å². The Bertz CT molecular complexity index is 960. The summed E-state index contributed by atoms with van der Waals surface area (Å²) in [5.74, 6) is -0.829. The summed E-state index contributed by atoms with van der Waals surface area (Å²) in [7, 11) is -3.38. The third kappa shape index (κ3) is 8.23. The Kier molecular flexibility index (Phi) is 8.19. The van der Waals surface area contributed by atoms with E-state index < -0.39 is 10.0 Å². The van der Waals surface area contributed by atoms with Crippen LogP contribution in [-0.2, 0) is 27.1 Å². The summed E-state index contributed by atoms with van der Waals surface area (Å²) in [5.41, 5.74) is 1.85. The zero-order valence-corrected chi connectivity index (χ0v) is 17.8. The molecule has 0 aliphatic rings. The summed E-state index contributed by atoms with van der Waals surface area (Å²) in [6, 6.07) is 13.2. The lowest BCUT2D eigenvalue weighted by molar-refractivity contribution is -0.120. The molecule has 0 fully saturated rings. The fourth-order valence-corrected chi connectivity index (χ4v) is 4.15. The van der Waals surface area contributed by atoms with E-state index in [1.807, 2.05) is 0 Å². The number of benzene rings is 2. The van der Waals surface area contributed by atoms with Crippen LogP contribution in [-0.4, -0.2) is 32.8 Å². The van der Waals surface area contributed by atoms with Crippen LogP contribution in [0, 0.1) is 0 Å². The number of hydrogen-bond donors (Lipinski definition) is 3. The number of nitrogens with one attached hydrogen (secondary N) is 3. The number of amides is 2. The molecule has 2 amide bonds. The molecule has 0 aliphatic heterocycles. The molecular formula is C20H24ClN3O4S. The maximum atomic E-state index is 12.0. The molecule has 156 valence electrons. The van der Waals surface area contributed by atoms with Crippen molar-refractivity contribution in [2.45, 2.75) is 32.2 Å². The van der Waals surface area contributed by atoms with Crippen molar-refractivity contribution >= 4 is 33.4 Å². The molecule has 29 heavy (non-hydrogen) atoms. The summed E-state index contributed by atoms with van der Waals surface area (Å²) >= 11 is 5.84. The predicted octanol–water partition coefficient (Wildman–Crippen LogP) is 2.21. The number of hydrogen-bond acceptors (Lipinski definition) is 4. The maximum absolute atomic E-state index is 12.0. The van der Waals surface area contributed by atoms with E-state index in [2.05, 4.69) is 15.4 Å². The van der Waals surface area contributed by atoms with Crippen LogP contribution in [0.5, 0.6) is 0 Å². The van der Waals surface area contributed by atoms with Gasteiger partial charge in [0.05, 0.1) is 12.3 Å². The molecule has 0 atom stereocenters. The number of carbonyl (C=O) groups excluding carboxylic acids is 2. The average molecular weight is 438 g/mol. The Morgan fingerprint density at radius 2 is 1.66 bits per heavy atom. The number of sulfonamides is 1. The molecule has 2 rings (SSSR count). The lowest BCUT2D eigenvalue weighted by Crippen LogP contribution is -2.36. The predicted molar refractivity (Wildman–Crippen MR) is 113 cm³/mol. The van der Waals surface area contributed by atoms with Crippen molar-refractivity contribution < 1.29 is 18.0 Å². The second kappa shape index (κ2) is 10.4. The molecule has 2 aromatic rings. The van der Waals surface area contributed by atoms with Crippen LogP contribution in [0.25, 0.3) is 0 Å². The molecule has 0 saturated heterocycles. The van der Waals surface area contributed by atoms with Crippen LogP contribution in [0.3, 0.4) is 0 Å². The van der Waals surface area contributed by atoms with Gasteiger partial charge >= 0.3 is 0 Å². The first-order valence-electron chi connectivity index (χ1n) is 9.03. The minimum atomic E-state index is -3.38. The van der Waals surface area contributed by atoms with E-state index in [-0.39, 0.29) is 36.7 Å². The van der Waals surface area contributed by atoms with E-state index in [0.717, 1.165) is 5.56 Å². The van der Waals surface area contributed by atoms with Gasteiger partial charge in [-0.15, -0.1) is 0 Å². The van der Waals surface area contributed by atoms with E-state index in [4.69, 9.17) is 11.6 Å². The highest BCUT2D eigenvalue weighted by molar-refractivity contribution is 7.88. The molecule has 0 aliphatic carbocycles. The molecule has 0 unspecified atom stereocenters. The van der Waals surface area contributed by atoms with E-state index >= 15 is 0 Å². The Morgan fingerprint density at radius 1 is 1.00 bits per heavy atom. The van der Waals surface area contributed by atoms with Crippen LogP contribution < -0.4 is 15.4 Å². The molecule has 0 heterocycles. The number of halogens is 1. The zero-order chi connectivity index (χ0) is 21.4. The first-order chi connectivity index (χ1) is 13.6. The lowest BCUT2D eigenvalue weighted by Gasteiger charge is -2.10. The first-order valence-corrected chi connectivity index (χ1v) is 11.1. The van der Waals surface area contributed by atoms with Crippen LogP contribution >= 0.6 is 11.6 Å². The van der Waals surface area contributed by atoms with Crippen LogP contribution in [0.2, 0.25) is 5.02 Å². The average Bonchev–Trinajstić information content (AvgIpc) is 2.64. The highest BCUT2D eigenvalue weighted by Crippen LogP contribution is 2.10. The Labute approximate surface area is 175 Å². The van der Waals surface area contributed by atoms with E-state index in [1.54, 1.807) is 56.3 Å². The standard InChI is InChI=1S/C20H24ClN3O4S/c1-14(2)24-29(27,28)13-16-8-6-15(7-9-16)11-22-19(25)12-23-20(26)17-4-3-5-18(21)10-17/h3-10,14,24H,11-13H2,1-2H3,(H,22,25)(H,23,26). The molecular weight excluding hydrogens is 414 g/mol. The molecule has 0 aromatic heterocycles. The molecule has 3 N–H and O–H groups in total. The number of carbonyl (C=O) groups is 2. The SMILES string of the molecule is CC(C)NS(=O)(=O)Cc1ccc(CNC(=O)CNC(=O)c2cccc(Cl)c2)cc1. The second-order valence-corrected chi connectivity index (χ2v) is 9.01. The smallest absolute Gasteiger partial charge is 0.251 e. The summed E-state index contributed by atoms with van der Waals surface area (Å²) in [6.45, 7) is 3.63. The van der Waals surface area contributed by atoms with Crippen molar-refractivity contribution in [2.24, 2.45) is 0 Å². The fraction of sp³-hybridized carbons (Fsp3) is 0.300. The molecule has 7 nitrogen and oxygen atoms in total. The van der Waals surface area contributed by atoms with Crippen LogP contribution in [0.15, 0.2) is 48.5 Å². The molecule has 0 spiro atoms. The van der Waals surface area contributed by atoms with Crippen LogP contribution in [0.4, 0.5) is 0 Å². The van der Waals surface area contributed by atoms with Gasteiger partial charge in [-0.2, -0.15) is 0 Å². The van der Waals surface area contributed by atoms with Crippen molar-refractivity contribution in [3.05, 3.63) is 70.2 Å². The highest BCUT2D eigenvalue weighted by Gasteiger charge is 2.13. The van der Waals surface area contributed by atoms with Gasteiger partial charge in [-0.1, -0.05) is 41.9 Å². The molecule has 9 heteroatoms. The third-order valence-corrected chi connectivity index (χ3v) is 5.56. The first kappa shape index (κ1) is 22.9. The van der Waals surface area contributed by atoms with Crippen molar-refractivity contribution in [3.63, 3.8) is 0 Å².